The van der Waals surface area contributed by atoms with Crippen LogP contribution in [0.25, 0.3) is 0 Å². The standard InChI is InChI=1S/C25H30N2O3/c1-16-11-17(2)15-27(14-16)25(29)20-9-4-5-10-23(20)26-24(28)22-13-21(22)18-7-6-8-19(12-18)30-3/h4-10,12,16-17,21-22H,11,13-15H2,1-3H3,(H,26,28). The highest BCUT2D eigenvalue weighted by Gasteiger charge is 2.44. The van der Waals surface area contributed by atoms with Gasteiger partial charge in [0.25, 0.3) is 5.91 Å². The van der Waals surface area contributed by atoms with Crippen LogP contribution in [0.5, 0.6) is 5.75 Å². The topological polar surface area (TPSA) is 58.6 Å². The highest BCUT2D eigenvalue weighted by Crippen LogP contribution is 2.48. The lowest BCUT2D eigenvalue weighted by molar-refractivity contribution is -0.117. The fourth-order valence-electron chi connectivity index (χ4n) is 4.73. The van der Waals surface area contributed by atoms with Crippen LogP contribution in [0, 0.1) is 17.8 Å². The molecule has 1 heterocycles. The van der Waals surface area contributed by atoms with Crippen LogP contribution in [0.2, 0.25) is 0 Å². The van der Waals surface area contributed by atoms with Crippen LogP contribution in [0.4, 0.5) is 5.69 Å². The van der Waals surface area contributed by atoms with E-state index >= 15 is 0 Å². The van der Waals surface area contributed by atoms with Crippen LogP contribution in [0.15, 0.2) is 48.5 Å². The fraction of sp³-hybridized carbons (Fsp3) is 0.440. The number of carbonyl (C=O) groups is 2. The molecule has 2 aromatic rings. The molecule has 0 spiro atoms. The van der Waals surface area contributed by atoms with Gasteiger partial charge in [-0.05, 0) is 60.4 Å². The summed E-state index contributed by atoms with van der Waals surface area (Å²) in [5.41, 5.74) is 2.30. The summed E-state index contributed by atoms with van der Waals surface area (Å²) >= 11 is 0. The monoisotopic (exact) mass is 406 g/mol. The lowest BCUT2D eigenvalue weighted by Crippen LogP contribution is -2.42. The maximum atomic E-state index is 13.2. The molecule has 1 aliphatic heterocycles. The van der Waals surface area contributed by atoms with Crippen molar-refractivity contribution in [1.82, 2.24) is 4.90 Å². The molecule has 1 saturated carbocycles. The first kappa shape index (κ1) is 20.5. The Morgan fingerprint density at radius 3 is 2.47 bits per heavy atom. The van der Waals surface area contributed by atoms with Crippen LogP contribution in [-0.4, -0.2) is 36.9 Å². The number of para-hydroxylation sites is 1. The Morgan fingerprint density at radius 2 is 1.73 bits per heavy atom. The summed E-state index contributed by atoms with van der Waals surface area (Å²) in [4.78, 5) is 28.0. The summed E-state index contributed by atoms with van der Waals surface area (Å²) in [5.74, 6) is 1.90. The number of piperidine rings is 1. The molecular formula is C25H30N2O3. The Bertz CT molecular complexity index is 931. The van der Waals surface area contributed by atoms with Crippen LogP contribution >= 0.6 is 0 Å². The molecule has 4 unspecified atom stereocenters. The van der Waals surface area contributed by atoms with E-state index in [1.54, 1.807) is 7.11 Å². The van der Waals surface area contributed by atoms with Crippen LogP contribution in [0.3, 0.4) is 0 Å². The molecule has 2 aliphatic rings. The minimum atomic E-state index is -0.0738. The van der Waals surface area contributed by atoms with Crippen molar-refractivity contribution < 1.29 is 14.3 Å². The zero-order chi connectivity index (χ0) is 21.3. The predicted molar refractivity (Wildman–Crippen MR) is 118 cm³/mol. The number of hydrogen-bond donors (Lipinski definition) is 1. The van der Waals surface area contributed by atoms with E-state index in [-0.39, 0.29) is 23.7 Å². The second-order valence-corrected chi connectivity index (χ2v) is 8.92. The number of likely N-dealkylation sites (tertiary alicyclic amines) is 1. The van der Waals surface area contributed by atoms with Crippen molar-refractivity contribution in [3.8, 4) is 5.75 Å². The molecule has 0 radical (unpaired) electrons. The van der Waals surface area contributed by atoms with Crippen molar-refractivity contribution in [3.05, 3.63) is 59.7 Å². The molecule has 2 amide bonds. The first-order chi connectivity index (χ1) is 14.5. The maximum absolute atomic E-state index is 13.2. The maximum Gasteiger partial charge on any atom is 0.255 e. The van der Waals surface area contributed by atoms with Crippen molar-refractivity contribution in [2.75, 3.05) is 25.5 Å². The van der Waals surface area contributed by atoms with Gasteiger partial charge in [-0.15, -0.1) is 0 Å². The van der Waals surface area contributed by atoms with E-state index in [4.69, 9.17) is 4.74 Å². The van der Waals surface area contributed by atoms with E-state index in [1.165, 1.54) is 0 Å². The van der Waals surface area contributed by atoms with Gasteiger partial charge in [0.1, 0.15) is 5.75 Å². The molecule has 5 nitrogen and oxygen atoms in total. The minimum absolute atomic E-state index is 0.00411. The third kappa shape index (κ3) is 4.35. The highest BCUT2D eigenvalue weighted by atomic mass is 16.5. The number of carbonyl (C=O) groups excluding carboxylic acids is 2. The summed E-state index contributed by atoms with van der Waals surface area (Å²) in [6.07, 6.45) is 1.96. The summed E-state index contributed by atoms with van der Waals surface area (Å²) in [6, 6.07) is 15.3. The van der Waals surface area contributed by atoms with Gasteiger partial charge in [0.15, 0.2) is 0 Å². The SMILES string of the molecule is COc1cccc(C2CC2C(=O)Nc2ccccc2C(=O)N2CC(C)CC(C)C2)c1. The number of hydrogen-bond acceptors (Lipinski definition) is 3. The molecule has 4 atom stereocenters. The second-order valence-electron chi connectivity index (χ2n) is 8.92. The number of nitrogens with zero attached hydrogens (tertiary/aromatic N) is 1. The first-order valence-electron chi connectivity index (χ1n) is 10.8. The second kappa shape index (κ2) is 8.50. The first-order valence-corrected chi connectivity index (χ1v) is 10.8. The van der Waals surface area contributed by atoms with Gasteiger partial charge < -0.3 is 15.0 Å². The van der Waals surface area contributed by atoms with Crippen molar-refractivity contribution in [2.24, 2.45) is 17.8 Å². The Hall–Kier alpha value is -2.82. The van der Waals surface area contributed by atoms with Crippen molar-refractivity contribution in [1.29, 1.82) is 0 Å². The van der Waals surface area contributed by atoms with Crippen LogP contribution in [0.1, 0.15) is 48.5 Å². The number of ether oxygens (including phenoxy) is 1. The summed E-state index contributed by atoms with van der Waals surface area (Å²) < 4.78 is 5.30. The van der Waals surface area contributed by atoms with E-state index in [0.29, 0.717) is 23.1 Å². The van der Waals surface area contributed by atoms with Gasteiger partial charge in [0.05, 0.1) is 18.4 Å². The van der Waals surface area contributed by atoms with Gasteiger partial charge in [0.2, 0.25) is 5.91 Å². The summed E-state index contributed by atoms with van der Waals surface area (Å²) in [7, 11) is 1.65. The van der Waals surface area contributed by atoms with Crippen molar-refractivity contribution in [2.45, 2.75) is 32.6 Å². The quantitative estimate of drug-likeness (QED) is 0.792. The molecule has 2 aromatic carbocycles. The normalized spacial score (nSPS) is 25.5. The molecule has 0 aromatic heterocycles. The largest absolute Gasteiger partial charge is 0.497 e. The van der Waals surface area contributed by atoms with Crippen LogP contribution in [-0.2, 0) is 4.79 Å². The summed E-state index contributed by atoms with van der Waals surface area (Å²) in [6.45, 7) is 5.92. The van der Waals surface area contributed by atoms with E-state index in [9.17, 15) is 9.59 Å². The Labute approximate surface area is 178 Å². The van der Waals surface area contributed by atoms with Gasteiger partial charge in [0, 0.05) is 19.0 Å². The molecule has 1 aliphatic carbocycles. The molecule has 4 rings (SSSR count). The lowest BCUT2D eigenvalue weighted by atomic mass is 9.91. The molecule has 2 fully saturated rings. The zero-order valence-electron chi connectivity index (χ0n) is 17.9. The summed E-state index contributed by atoms with van der Waals surface area (Å²) in [5, 5.41) is 3.03. The molecule has 1 saturated heterocycles. The lowest BCUT2D eigenvalue weighted by Gasteiger charge is -2.35. The van der Waals surface area contributed by atoms with Gasteiger partial charge in [-0.3, -0.25) is 9.59 Å². The minimum Gasteiger partial charge on any atom is -0.497 e. The molecule has 30 heavy (non-hydrogen) atoms. The van der Waals surface area contributed by atoms with E-state index in [2.05, 4.69) is 19.2 Å². The fourth-order valence-corrected chi connectivity index (χ4v) is 4.73. The molecule has 0 bridgehead atoms. The smallest absolute Gasteiger partial charge is 0.255 e. The third-order valence-corrected chi connectivity index (χ3v) is 6.22. The number of benzene rings is 2. The van der Waals surface area contributed by atoms with E-state index < -0.39 is 0 Å². The molecule has 5 heteroatoms. The zero-order valence-corrected chi connectivity index (χ0v) is 17.9. The number of anilines is 1. The van der Waals surface area contributed by atoms with Crippen LogP contribution < -0.4 is 10.1 Å². The number of amides is 2. The van der Waals surface area contributed by atoms with Gasteiger partial charge in [-0.25, -0.2) is 0 Å². The average molecular weight is 407 g/mol. The highest BCUT2D eigenvalue weighted by molar-refractivity contribution is 6.05. The molecule has 1 N–H and O–H groups in total. The van der Waals surface area contributed by atoms with E-state index in [1.807, 2.05) is 53.4 Å². The van der Waals surface area contributed by atoms with E-state index in [0.717, 1.165) is 37.2 Å². The Morgan fingerprint density at radius 1 is 1.00 bits per heavy atom. The van der Waals surface area contributed by atoms with Gasteiger partial charge >= 0.3 is 0 Å². The Kier molecular flexibility index (Phi) is 5.80. The van der Waals surface area contributed by atoms with Crippen molar-refractivity contribution >= 4 is 17.5 Å². The Balaban J connectivity index is 1.45. The molecular weight excluding hydrogens is 376 g/mol. The number of rotatable bonds is 5. The number of nitrogens with one attached hydrogen (secondary N) is 1. The average Bonchev–Trinajstić information content (AvgIpc) is 3.54. The van der Waals surface area contributed by atoms with Crippen molar-refractivity contribution in [3.63, 3.8) is 0 Å². The number of methoxy groups -OCH3 is 1. The van der Waals surface area contributed by atoms with Gasteiger partial charge in [-0.2, -0.15) is 0 Å². The third-order valence-electron chi connectivity index (χ3n) is 6.22. The molecule has 158 valence electrons. The van der Waals surface area contributed by atoms with Gasteiger partial charge in [-0.1, -0.05) is 38.1 Å². The predicted octanol–water partition coefficient (Wildman–Crippen LogP) is 4.56.